The summed E-state index contributed by atoms with van der Waals surface area (Å²) < 4.78 is 0. The number of aliphatic carboxylic acids is 1. The van der Waals surface area contributed by atoms with Crippen LogP contribution in [0.25, 0.3) is 22.7 Å². The molecule has 1 amide bonds. The van der Waals surface area contributed by atoms with Crippen molar-refractivity contribution in [3.8, 4) is 5.75 Å². The number of amides is 1. The first-order valence-corrected chi connectivity index (χ1v) is 9.10. The molecule has 0 saturated carbocycles. The monoisotopic (exact) mass is 399 g/mol. The molecule has 4 aromatic rings. The van der Waals surface area contributed by atoms with Crippen LogP contribution in [0.4, 0.5) is 5.69 Å². The molecule has 2 aromatic heterocycles. The van der Waals surface area contributed by atoms with E-state index in [1.807, 2.05) is 6.07 Å². The average molecular weight is 399 g/mol. The first kappa shape index (κ1) is 18.9. The van der Waals surface area contributed by atoms with Crippen molar-refractivity contribution in [1.82, 2.24) is 9.97 Å². The van der Waals surface area contributed by atoms with Crippen LogP contribution in [0.15, 0.2) is 73.1 Å². The molecule has 0 radical (unpaired) electrons. The normalized spacial score (nSPS) is 11.4. The van der Waals surface area contributed by atoms with E-state index in [9.17, 15) is 19.8 Å². The Kier molecular flexibility index (Phi) is 5.00. The minimum absolute atomic E-state index is 0.0123. The van der Waals surface area contributed by atoms with Crippen molar-refractivity contribution in [3.05, 3.63) is 89.7 Å². The Morgan fingerprint density at radius 2 is 1.77 bits per heavy atom. The SMILES string of the molecule is O=C(O)/C(=C/c1c[nH]c2nccc(NC(=O)c3cccc(O)c3)c12)c1ccccc1. The van der Waals surface area contributed by atoms with E-state index in [0.717, 1.165) is 0 Å². The minimum atomic E-state index is -1.07. The first-order valence-electron chi connectivity index (χ1n) is 9.10. The van der Waals surface area contributed by atoms with Gasteiger partial charge in [-0.3, -0.25) is 4.79 Å². The van der Waals surface area contributed by atoms with Gasteiger partial charge in [0.15, 0.2) is 0 Å². The molecule has 7 heteroatoms. The van der Waals surface area contributed by atoms with Gasteiger partial charge in [-0.05, 0) is 35.9 Å². The summed E-state index contributed by atoms with van der Waals surface area (Å²) in [6.07, 6.45) is 4.73. The molecule has 148 valence electrons. The Morgan fingerprint density at radius 3 is 2.50 bits per heavy atom. The largest absolute Gasteiger partial charge is 0.508 e. The smallest absolute Gasteiger partial charge is 0.336 e. The molecule has 2 aromatic carbocycles. The number of carbonyl (C=O) groups is 2. The Labute approximate surface area is 171 Å². The van der Waals surface area contributed by atoms with Gasteiger partial charge in [-0.1, -0.05) is 36.4 Å². The van der Waals surface area contributed by atoms with Gasteiger partial charge >= 0.3 is 5.97 Å². The maximum absolute atomic E-state index is 12.6. The van der Waals surface area contributed by atoms with E-state index in [-0.39, 0.29) is 11.3 Å². The number of carbonyl (C=O) groups excluding carboxylic acids is 1. The summed E-state index contributed by atoms with van der Waals surface area (Å²) in [6, 6.07) is 16.4. The van der Waals surface area contributed by atoms with Crippen LogP contribution in [-0.4, -0.2) is 32.1 Å². The fourth-order valence-electron chi connectivity index (χ4n) is 3.18. The van der Waals surface area contributed by atoms with Gasteiger partial charge in [-0.15, -0.1) is 0 Å². The van der Waals surface area contributed by atoms with Crippen molar-refractivity contribution in [2.24, 2.45) is 0 Å². The van der Waals surface area contributed by atoms with Crippen LogP contribution in [0.5, 0.6) is 5.75 Å². The number of aromatic hydroxyl groups is 1. The molecule has 4 N–H and O–H groups in total. The molecule has 0 atom stereocenters. The Hall–Kier alpha value is -4.39. The molecule has 0 bridgehead atoms. The highest BCUT2D eigenvalue weighted by Crippen LogP contribution is 2.29. The highest BCUT2D eigenvalue weighted by atomic mass is 16.4. The van der Waals surface area contributed by atoms with E-state index in [2.05, 4.69) is 15.3 Å². The lowest BCUT2D eigenvalue weighted by molar-refractivity contribution is -0.130. The number of hydrogen-bond donors (Lipinski definition) is 4. The number of aromatic amines is 1. The van der Waals surface area contributed by atoms with Crippen molar-refractivity contribution < 1.29 is 19.8 Å². The number of H-pyrrole nitrogens is 1. The maximum Gasteiger partial charge on any atom is 0.336 e. The van der Waals surface area contributed by atoms with E-state index in [1.165, 1.54) is 12.1 Å². The van der Waals surface area contributed by atoms with Crippen molar-refractivity contribution in [3.63, 3.8) is 0 Å². The van der Waals surface area contributed by atoms with Crippen LogP contribution < -0.4 is 5.32 Å². The second-order valence-corrected chi connectivity index (χ2v) is 6.56. The number of rotatable bonds is 5. The maximum atomic E-state index is 12.6. The molecule has 0 spiro atoms. The molecule has 30 heavy (non-hydrogen) atoms. The quantitative estimate of drug-likeness (QED) is 0.376. The molecule has 0 aliphatic carbocycles. The Bertz CT molecular complexity index is 1280. The number of phenolic OH excluding ortho intramolecular Hbond substituents is 1. The van der Waals surface area contributed by atoms with Gasteiger partial charge in [0.1, 0.15) is 11.4 Å². The fraction of sp³-hybridized carbons (Fsp3) is 0. The zero-order valence-electron chi connectivity index (χ0n) is 15.7. The summed E-state index contributed by atoms with van der Waals surface area (Å²) in [4.78, 5) is 31.8. The predicted octanol–water partition coefficient (Wildman–Crippen LogP) is 4.15. The Morgan fingerprint density at radius 1 is 1.00 bits per heavy atom. The first-order chi connectivity index (χ1) is 14.5. The van der Waals surface area contributed by atoms with E-state index in [1.54, 1.807) is 60.9 Å². The summed E-state index contributed by atoms with van der Waals surface area (Å²) in [5.41, 5.74) is 2.53. The average Bonchev–Trinajstić information content (AvgIpc) is 3.16. The van der Waals surface area contributed by atoms with Crippen LogP contribution in [0.1, 0.15) is 21.5 Å². The van der Waals surface area contributed by atoms with Crippen LogP contribution in [0.2, 0.25) is 0 Å². The van der Waals surface area contributed by atoms with Crippen molar-refractivity contribution in [2.75, 3.05) is 5.32 Å². The van der Waals surface area contributed by atoms with E-state index >= 15 is 0 Å². The molecule has 0 aliphatic heterocycles. The number of fused-ring (bicyclic) bond motifs is 1. The number of nitrogens with zero attached hydrogens (tertiary/aromatic N) is 1. The highest BCUT2D eigenvalue weighted by Gasteiger charge is 2.16. The predicted molar refractivity (Wildman–Crippen MR) is 114 cm³/mol. The summed E-state index contributed by atoms with van der Waals surface area (Å²) >= 11 is 0. The van der Waals surface area contributed by atoms with Gasteiger partial charge in [-0.2, -0.15) is 0 Å². The third kappa shape index (κ3) is 3.77. The van der Waals surface area contributed by atoms with Gasteiger partial charge in [-0.25, -0.2) is 9.78 Å². The molecule has 2 heterocycles. The number of benzene rings is 2. The number of carboxylic acid groups (broad SMARTS) is 1. The molecular formula is C23H17N3O4. The number of carboxylic acids is 1. The second-order valence-electron chi connectivity index (χ2n) is 6.56. The van der Waals surface area contributed by atoms with E-state index in [0.29, 0.717) is 33.4 Å². The molecule has 7 nitrogen and oxygen atoms in total. The van der Waals surface area contributed by atoms with Gasteiger partial charge in [0.05, 0.1) is 11.3 Å². The summed E-state index contributed by atoms with van der Waals surface area (Å²) in [6.45, 7) is 0. The van der Waals surface area contributed by atoms with Crippen molar-refractivity contribution >= 4 is 40.2 Å². The number of pyridine rings is 1. The number of phenols is 1. The van der Waals surface area contributed by atoms with Crippen LogP contribution in [-0.2, 0) is 4.79 Å². The Balaban J connectivity index is 1.78. The third-order valence-corrected chi connectivity index (χ3v) is 4.58. The lowest BCUT2D eigenvalue weighted by atomic mass is 10.0. The zero-order chi connectivity index (χ0) is 21.1. The van der Waals surface area contributed by atoms with Gasteiger partial charge in [0, 0.05) is 28.9 Å². The topological polar surface area (TPSA) is 115 Å². The van der Waals surface area contributed by atoms with Crippen molar-refractivity contribution in [2.45, 2.75) is 0 Å². The molecular weight excluding hydrogens is 382 g/mol. The number of anilines is 1. The van der Waals surface area contributed by atoms with Gasteiger partial charge in [0.25, 0.3) is 5.91 Å². The standard InChI is InChI=1S/C23H17N3O4/c27-17-8-4-7-15(11-17)22(28)26-19-9-10-24-21-20(19)16(13-25-21)12-18(23(29)30)14-5-2-1-3-6-14/h1-13,27H,(H,29,30)(H2,24,25,26,28)/b18-12+. The van der Waals surface area contributed by atoms with E-state index in [4.69, 9.17) is 0 Å². The molecule has 0 fully saturated rings. The van der Waals surface area contributed by atoms with Crippen LogP contribution in [0, 0.1) is 0 Å². The molecule has 0 saturated heterocycles. The number of hydrogen-bond acceptors (Lipinski definition) is 4. The van der Waals surface area contributed by atoms with Gasteiger partial charge in [0.2, 0.25) is 0 Å². The summed E-state index contributed by atoms with van der Waals surface area (Å²) in [5.74, 6) is -1.48. The zero-order valence-corrected chi connectivity index (χ0v) is 15.7. The van der Waals surface area contributed by atoms with Gasteiger partial charge < -0.3 is 20.5 Å². The van der Waals surface area contributed by atoms with Crippen LogP contribution >= 0.6 is 0 Å². The number of aromatic nitrogens is 2. The third-order valence-electron chi connectivity index (χ3n) is 4.58. The highest BCUT2D eigenvalue weighted by molar-refractivity contribution is 6.22. The van der Waals surface area contributed by atoms with Crippen LogP contribution in [0.3, 0.4) is 0 Å². The number of nitrogens with one attached hydrogen (secondary N) is 2. The summed E-state index contributed by atoms with van der Waals surface area (Å²) in [5, 5.41) is 22.7. The second kappa shape index (κ2) is 7.92. The lowest BCUT2D eigenvalue weighted by Gasteiger charge is -2.08. The molecule has 0 unspecified atom stereocenters. The molecule has 4 rings (SSSR count). The lowest BCUT2D eigenvalue weighted by Crippen LogP contribution is -2.12. The molecule has 0 aliphatic rings. The fourth-order valence-corrected chi connectivity index (χ4v) is 3.18. The minimum Gasteiger partial charge on any atom is -0.508 e. The van der Waals surface area contributed by atoms with E-state index < -0.39 is 11.9 Å². The summed E-state index contributed by atoms with van der Waals surface area (Å²) in [7, 11) is 0. The van der Waals surface area contributed by atoms with Crippen molar-refractivity contribution in [1.29, 1.82) is 0 Å².